The number of aryl methyl sites for hydroxylation is 2. The van der Waals surface area contributed by atoms with E-state index in [4.69, 9.17) is 4.42 Å². The van der Waals surface area contributed by atoms with Gasteiger partial charge in [-0.3, -0.25) is 9.48 Å². The fraction of sp³-hybridized carbons (Fsp3) is 0.214. The molecule has 0 saturated carbocycles. The van der Waals surface area contributed by atoms with Crippen molar-refractivity contribution in [3.05, 3.63) is 46.1 Å². The molecular weight excluding hydrogens is 336 g/mol. The summed E-state index contributed by atoms with van der Waals surface area (Å²) in [7, 11) is 1.77. The molecule has 0 aliphatic carbocycles. The Kier molecular flexibility index (Phi) is 3.50. The van der Waals surface area contributed by atoms with E-state index in [2.05, 4.69) is 31.3 Å². The molecule has 3 aromatic rings. The molecule has 0 saturated heterocycles. The van der Waals surface area contributed by atoms with Crippen LogP contribution < -0.4 is 5.32 Å². The van der Waals surface area contributed by atoms with Crippen molar-refractivity contribution < 1.29 is 9.21 Å². The van der Waals surface area contributed by atoms with Crippen molar-refractivity contribution in [2.45, 2.75) is 13.5 Å². The summed E-state index contributed by atoms with van der Waals surface area (Å²) in [6.07, 6.45) is 1.45. The first kappa shape index (κ1) is 13.8. The number of furan rings is 1. The van der Waals surface area contributed by atoms with Crippen LogP contribution in [0.4, 0.5) is 0 Å². The molecule has 3 rings (SSSR count). The van der Waals surface area contributed by atoms with Gasteiger partial charge in [0.2, 0.25) is 0 Å². The number of aromatic nitrogens is 3. The Balaban J connectivity index is 1.82. The van der Waals surface area contributed by atoms with Gasteiger partial charge in [-0.1, -0.05) is 15.9 Å². The van der Waals surface area contributed by atoms with Gasteiger partial charge in [0, 0.05) is 16.9 Å². The van der Waals surface area contributed by atoms with Crippen molar-refractivity contribution in [1.82, 2.24) is 20.1 Å². The number of amides is 1. The molecule has 2 heterocycles. The smallest absolute Gasteiger partial charge is 0.287 e. The van der Waals surface area contributed by atoms with E-state index in [9.17, 15) is 4.79 Å². The first-order valence-electron chi connectivity index (χ1n) is 6.35. The highest BCUT2D eigenvalue weighted by Gasteiger charge is 2.14. The van der Waals surface area contributed by atoms with Crippen LogP contribution in [-0.4, -0.2) is 20.7 Å². The van der Waals surface area contributed by atoms with Crippen LogP contribution in [0.1, 0.15) is 21.9 Å². The van der Waals surface area contributed by atoms with Crippen LogP contribution in [0.15, 0.2) is 33.4 Å². The van der Waals surface area contributed by atoms with Gasteiger partial charge in [0.05, 0.1) is 6.54 Å². The number of rotatable bonds is 3. The van der Waals surface area contributed by atoms with E-state index >= 15 is 0 Å². The number of nitrogens with zero attached hydrogens (tertiary/aromatic N) is 3. The zero-order valence-electron chi connectivity index (χ0n) is 11.6. The van der Waals surface area contributed by atoms with Crippen LogP contribution in [0.5, 0.6) is 0 Å². The number of nitrogens with one attached hydrogen (secondary N) is 1. The lowest BCUT2D eigenvalue weighted by Gasteiger charge is -2.02. The van der Waals surface area contributed by atoms with Gasteiger partial charge in [0.15, 0.2) is 5.76 Å². The number of carbonyl (C=O) groups excluding carboxylic acids is 1. The molecule has 0 aliphatic rings. The second kappa shape index (κ2) is 5.33. The fourth-order valence-electron chi connectivity index (χ4n) is 2.12. The maximum atomic E-state index is 12.1. The number of hydrogen-bond donors (Lipinski definition) is 1. The summed E-state index contributed by atoms with van der Waals surface area (Å²) in [5.74, 6) is 0.691. The predicted molar refractivity (Wildman–Crippen MR) is 80.8 cm³/mol. The average Bonchev–Trinajstić information content (AvgIpc) is 3.02. The first-order chi connectivity index (χ1) is 10.0. The molecule has 21 heavy (non-hydrogen) atoms. The molecule has 6 nitrogen and oxygen atoms in total. The van der Waals surface area contributed by atoms with Crippen LogP contribution in [0.3, 0.4) is 0 Å². The van der Waals surface area contributed by atoms with Gasteiger partial charge in [-0.25, -0.2) is 4.98 Å². The van der Waals surface area contributed by atoms with E-state index in [0.717, 1.165) is 21.0 Å². The fourth-order valence-corrected chi connectivity index (χ4v) is 2.71. The highest BCUT2D eigenvalue weighted by Crippen LogP contribution is 2.26. The number of fused-ring (bicyclic) bond motifs is 1. The molecule has 1 aromatic carbocycles. The predicted octanol–water partition coefficient (Wildman–Crippen LogP) is 2.56. The van der Waals surface area contributed by atoms with Crippen LogP contribution in [0.25, 0.3) is 11.0 Å². The SMILES string of the molecule is Cc1cc(Br)cc2cc(C(=O)NCc3ncnn3C)oc12. The topological polar surface area (TPSA) is 73.0 Å². The van der Waals surface area contributed by atoms with Crippen molar-refractivity contribution in [1.29, 1.82) is 0 Å². The molecule has 1 amide bonds. The van der Waals surface area contributed by atoms with Crippen LogP contribution in [0.2, 0.25) is 0 Å². The molecule has 108 valence electrons. The highest BCUT2D eigenvalue weighted by atomic mass is 79.9. The van der Waals surface area contributed by atoms with E-state index in [1.54, 1.807) is 17.8 Å². The molecule has 0 radical (unpaired) electrons. The van der Waals surface area contributed by atoms with Gasteiger partial charge >= 0.3 is 0 Å². The van der Waals surface area contributed by atoms with E-state index in [-0.39, 0.29) is 11.7 Å². The monoisotopic (exact) mass is 348 g/mol. The Morgan fingerprint density at radius 3 is 2.95 bits per heavy atom. The summed E-state index contributed by atoms with van der Waals surface area (Å²) in [6.45, 7) is 2.24. The molecule has 7 heteroatoms. The quantitative estimate of drug-likeness (QED) is 0.789. The number of carbonyl (C=O) groups is 1. The standard InChI is InChI=1S/C14H13BrN4O2/c1-8-3-10(15)4-9-5-11(21-13(8)9)14(20)16-6-12-17-7-18-19(12)2/h3-5,7H,6H2,1-2H3,(H,16,20). The van der Waals surface area contributed by atoms with E-state index < -0.39 is 0 Å². The van der Waals surface area contributed by atoms with Gasteiger partial charge in [-0.2, -0.15) is 5.10 Å². The molecule has 1 N–H and O–H groups in total. The minimum absolute atomic E-state index is 0.273. The first-order valence-corrected chi connectivity index (χ1v) is 7.14. The molecular formula is C14H13BrN4O2. The molecule has 2 aromatic heterocycles. The lowest BCUT2D eigenvalue weighted by molar-refractivity contribution is 0.0924. The Labute approximate surface area is 129 Å². The minimum atomic E-state index is -0.273. The summed E-state index contributed by atoms with van der Waals surface area (Å²) in [5, 5.41) is 7.61. The Morgan fingerprint density at radius 2 is 2.24 bits per heavy atom. The lowest BCUT2D eigenvalue weighted by atomic mass is 10.2. The molecule has 0 aliphatic heterocycles. The zero-order chi connectivity index (χ0) is 15.0. The average molecular weight is 349 g/mol. The summed E-state index contributed by atoms with van der Waals surface area (Å²) in [5.41, 5.74) is 1.70. The number of halogens is 1. The molecule has 0 atom stereocenters. The largest absolute Gasteiger partial charge is 0.451 e. The molecule has 0 spiro atoms. The summed E-state index contributed by atoms with van der Waals surface area (Å²) in [6, 6.07) is 5.61. The van der Waals surface area contributed by atoms with Crippen LogP contribution in [0, 0.1) is 6.92 Å². The van der Waals surface area contributed by atoms with E-state index in [1.165, 1.54) is 6.33 Å². The Hall–Kier alpha value is -2.15. The molecule has 0 bridgehead atoms. The highest BCUT2D eigenvalue weighted by molar-refractivity contribution is 9.10. The third-order valence-electron chi connectivity index (χ3n) is 3.20. The van der Waals surface area contributed by atoms with Crippen LogP contribution in [-0.2, 0) is 13.6 Å². The third kappa shape index (κ3) is 2.69. The number of hydrogen-bond acceptors (Lipinski definition) is 4. The second-order valence-electron chi connectivity index (χ2n) is 4.73. The molecule has 0 fully saturated rings. The van der Waals surface area contributed by atoms with E-state index in [1.807, 2.05) is 19.1 Å². The Morgan fingerprint density at radius 1 is 1.43 bits per heavy atom. The maximum absolute atomic E-state index is 12.1. The third-order valence-corrected chi connectivity index (χ3v) is 3.66. The van der Waals surface area contributed by atoms with Gasteiger partial charge < -0.3 is 9.73 Å². The van der Waals surface area contributed by atoms with Crippen molar-refractivity contribution in [3.63, 3.8) is 0 Å². The maximum Gasteiger partial charge on any atom is 0.287 e. The minimum Gasteiger partial charge on any atom is -0.451 e. The summed E-state index contributed by atoms with van der Waals surface area (Å²) >= 11 is 3.43. The summed E-state index contributed by atoms with van der Waals surface area (Å²) in [4.78, 5) is 16.2. The van der Waals surface area contributed by atoms with Gasteiger partial charge in [0.25, 0.3) is 5.91 Å². The van der Waals surface area contributed by atoms with Crippen LogP contribution >= 0.6 is 15.9 Å². The van der Waals surface area contributed by atoms with Gasteiger partial charge in [-0.15, -0.1) is 0 Å². The van der Waals surface area contributed by atoms with Crippen molar-refractivity contribution in [3.8, 4) is 0 Å². The Bertz CT molecular complexity index is 822. The normalized spacial score (nSPS) is 11.0. The number of benzene rings is 1. The van der Waals surface area contributed by atoms with Gasteiger partial charge in [-0.05, 0) is 30.7 Å². The summed E-state index contributed by atoms with van der Waals surface area (Å²) < 4.78 is 8.21. The zero-order valence-corrected chi connectivity index (χ0v) is 13.1. The van der Waals surface area contributed by atoms with Crippen molar-refractivity contribution in [2.24, 2.45) is 7.05 Å². The second-order valence-corrected chi connectivity index (χ2v) is 5.65. The van der Waals surface area contributed by atoms with Crippen molar-refractivity contribution in [2.75, 3.05) is 0 Å². The van der Waals surface area contributed by atoms with Crippen molar-refractivity contribution >= 4 is 32.8 Å². The molecule has 0 unspecified atom stereocenters. The van der Waals surface area contributed by atoms with E-state index in [0.29, 0.717) is 12.4 Å². The van der Waals surface area contributed by atoms with Gasteiger partial charge in [0.1, 0.15) is 17.7 Å². The lowest BCUT2D eigenvalue weighted by Crippen LogP contribution is -2.24.